The van der Waals surface area contributed by atoms with Gasteiger partial charge in [-0.25, -0.2) is 9.97 Å². The Morgan fingerprint density at radius 3 is 2.44 bits per heavy atom. The molecule has 3 heterocycles. The minimum atomic E-state index is -0.386. The molecule has 1 aliphatic heterocycles. The van der Waals surface area contributed by atoms with Crippen molar-refractivity contribution in [3.63, 3.8) is 0 Å². The number of piperazine rings is 1. The number of anilines is 1. The molecule has 0 saturated carbocycles. The Bertz CT molecular complexity index is 1070. The zero-order valence-corrected chi connectivity index (χ0v) is 19.6. The minimum Gasteiger partial charge on any atom is -0.493 e. The van der Waals surface area contributed by atoms with E-state index in [1.807, 2.05) is 12.1 Å². The highest BCUT2D eigenvalue weighted by Crippen LogP contribution is 2.38. The number of nitrogens with one attached hydrogen (secondary N) is 2. The quantitative estimate of drug-likeness (QED) is 0.511. The van der Waals surface area contributed by atoms with Crippen LogP contribution in [0.25, 0.3) is 21.9 Å². The summed E-state index contributed by atoms with van der Waals surface area (Å²) in [6.07, 6.45) is 1.22. The van der Waals surface area contributed by atoms with Crippen molar-refractivity contribution in [2.24, 2.45) is 0 Å². The van der Waals surface area contributed by atoms with Gasteiger partial charge < -0.3 is 29.8 Å². The largest absolute Gasteiger partial charge is 0.493 e. The van der Waals surface area contributed by atoms with Crippen molar-refractivity contribution < 1.29 is 14.6 Å². The van der Waals surface area contributed by atoms with E-state index in [2.05, 4.69) is 50.8 Å². The standard InChI is InChI=1S/C23H34N6O3/c1-23(2,3)26-12-15(30)13-28-6-8-29(9-7-28)22-20-16-10-18(31-4)19(32-5)11-17(16)27-21(20)24-14-25-22/h10-11,14-15,26,30H,6-9,12-13H2,1-5H3,(H,24,25,27). The van der Waals surface area contributed by atoms with E-state index >= 15 is 0 Å². The Hall–Kier alpha value is -2.62. The summed E-state index contributed by atoms with van der Waals surface area (Å²) >= 11 is 0. The monoisotopic (exact) mass is 442 g/mol. The van der Waals surface area contributed by atoms with Crippen molar-refractivity contribution in [1.29, 1.82) is 0 Å². The summed E-state index contributed by atoms with van der Waals surface area (Å²) in [7, 11) is 3.27. The zero-order valence-electron chi connectivity index (χ0n) is 19.6. The lowest BCUT2D eigenvalue weighted by Gasteiger charge is -2.36. The molecule has 3 N–H and O–H groups in total. The number of nitrogens with zero attached hydrogens (tertiary/aromatic N) is 4. The molecular weight excluding hydrogens is 408 g/mol. The Kier molecular flexibility index (Phi) is 6.41. The molecule has 32 heavy (non-hydrogen) atoms. The molecule has 2 aromatic heterocycles. The summed E-state index contributed by atoms with van der Waals surface area (Å²) in [5.41, 5.74) is 1.74. The zero-order chi connectivity index (χ0) is 22.9. The van der Waals surface area contributed by atoms with Crippen molar-refractivity contribution in [1.82, 2.24) is 25.2 Å². The second-order valence-corrected chi connectivity index (χ2v) is 9.37. The first-order valence-electron chi connectivity index (χ1n) is 11.1. The smallest absolute Gasteiger partial charge is 0.162 e. The molecule has 0 radical (unpaired) electrons. The first kappa shape index (κ1) is 22.6. The number of aromatic amines is 1. The third-order valence-electron chi connectivity index (χ3n) is 5.88. The van der Waals surface area contributed by atoms with Crippen molar-refractivity contribution in [2.75, 3.05) is 58.4 Å². The second-order valence-electron chi connectivity index (χ2n) is 9.37. The number of aliphatic hydroxyl groups excluding tert-OH is 1. The molecule has 1 aromatic carbocycles. The van der Waals surface area contributed by atoms with Gasteiger partial charge in [0.05, 0.1) is 31.2 Å². The molecule has 0 aliphatic carbocycles. The van der Waals surface area contributed by atoms with Crippen LogP contribution in [0, 0.1) is 0 Å². The number of aliphatic hydroxyl groups is 1. The second kappa shape index (κ2) is 9.09. The predicted octanol–water partition coefficient (Wildman–Crippen LogP) is 2.00. The van der Waals surface area contributed by atoms with Crippen molar-refractivity contribution >= 4 is 27.8 Å². The van der Waals surface area contributed by atoms with E-state index in [4.69, 9.17) is 9.47 Å². The van der Waals surface area contributed by atoms with Crippen molar-refractivity contribution in [2.45, 2.75) is 32.4 Å². The summed E-state index contributed by atoms with van der Waals surface area (Å²) in [6, 6.07) is 3.92. The maximum absolute atomic E-state index is 10.4. The highest BCUT2D eigenvalue weighted by molar-refractivity contribution is 6.12. The number of benzene rings is 1. The van der Waals surface area contributed by atoms with E-state index < -0.39 is 0 Å². The van der Waals surface area contributed by atoms with Gasteiger partial charge in [-0.2, -0.15) is 0 Å². The average Bonchev–Trinajstić information content (AvgIpc) is 3.14. The van der Waals surface area contributed by atoms with Crippen LogP contribution in [0.3, 0.4) is 0 Å². The Morgan fingerprint density at radius 1 is 1.09 bits per heavy atom. The summed E-state index contributed by atoms with van der Waals surface area (Å²) in [4.78, 5) is 17.1. The minimum absolute atomic E-state index is 0.00406. The van der Waals surface area contributed by atoms with Gasteiger partial charge in [-0.15, -0.1) is 0 Å². The Labute approximate surface area is 188 Å². The molecule has 9 nitrogen and oxygen atoms in total. The summed E-state index contributed by atoms with van der Waals surface area (Å²) in [5, 5.41) is 15.8. The molecule has 1 fully saturated rings. The lowest BCUT2D eigenvalue weighted by molar-refractivity contribution is 0.102. The molecule has 1 atom stereocenters. The van der Waals surface area contributed by atoms with Gasteiger partial charge in [0.15, 0.2) is 11.5 Å². The molecule has 1 unspecified atom stereocenters. The molecule has 0 bridgehead atoms. The Balaban J connectivity index is 1.51. The van der Waals surface area contributed by atoms with Crippen LogP contribution < -0.4 is 19.7 Å². The van der Waals surface area contributed by atoms with Crippen LogP contribution in [0.5, 0.6) is 11.5 Å². The normalized spacial score (nSPS) is 16.6. The number of aromatic nitrogens is 3. The van der Waals surface area contributed by atoms with Gasteiger partial charge >= 0.3 is 0 Å². The van der Waals surface area contributed by atoms with Gasteiger partial charge in [0, 0.05) is 56.3 Å². The van der Waals surface area contributed by atoms with Crippen molar-refractivity contribution in [3.8, 4) is 11.5 Å². The number of hydrogen-bond donors (Lipinski definition) is 3. The fraction of sp³-hybridized carbons (Fsp3) is 0.565. The predicted molar refractivity (Wildman–Crippen MR) is 127 cm³/mol. The fourth-order valence-corrected chi connectivity index (χ4v) is 4.20. The van der Waals surface area contributed by atoms with E-state index in [-0.39, 0.29) is 11.6 Å². The molecule has 1 saturated heterocycles. The Morgan fingerprint density at radius 2 is 1.78 bits per heavy atom. The molecule has 9 heteroatoms. The first-order valence-corrected chi connectivity index (χ1v) is 11.1. The average molecular weight is 443 g/mol. The molecule has 4 rings (SSSR count). The van der Waals surface area contributed by atoms with E-state index in [0.717, 1.165) is 53.9 Å². The number of H-pyrrole nitrogens is 1. The van der Waals surface area contributed by atoms with Gasteiger partial charge in [0.2, 0.25) is 0 Å². The van der Waals surface area contributed by atoms with E-state index in [9.17, 15) is 5.11 Å². The highest BCUT2D eigenvalue weighted by Gasteiger charge is 2.24. The van der Waals surface area contributed by atoms with Crippen LogP contribution in [0.15, 0.2) is 18.5 Å². The van der Waals surface area contributed by atoms with Gasteiger partial charge in [-0.1, -0.05) is 0 Å². The summed E-state index contributed by atoms with van der Waals surface area (Å²) < 4.78 is 11.0. The molecule has 3 aromatic rings. The lowest BCUT2D eigenvalue weighted by atomic mass is 10.1. The molecule has 0 spiro atoms. The number of methoxy groups -OCH3 is 2. The number of hydrogen-bond acceptors (Lipinski definition) is 8. The first-order chi connectivity index (χ1) is 15.3. The van der Waals surface area contributed by atoms with Crippen LogP contribution in [0.2, 0.25) is 0 Å². The third-order valence-corrected chi connectivity index (χ3v) is 5.88. The number of fused-ring (bicyclic) bond motifs is 3. The van der Waals surface area contributed by atoms with Crippen LogP contribution in [0.4, 0.5) is 5.82 Å². The van der Waals surface area contributed by atoms with E-state index in [1.165, 1.54) is 0 Å². The van der Waals surface area contributed by atoms with Crippen LogP contribution in [-0.4, -0.2) is 90.1 Å². The maximum atomic E-state index is 10.4. The van der Waals surface area contributed by atoms with Gasteiger partial charge in [-0.05, 0) is 26.8 Å². The SMILES string of the molecule is COc1cc2[nH]c3ncnc(N4CCN(CC(O)CNC(C)(C)C)CC4)c3c2cc1OC. The molecule has 1 aliphatic rings. The maximum Gasteiger partial charge on any atom is 0.162 e. The highest BCUT2D eigenvalue weighted by atomic mass is 16.5. The molecular formula is C23H34N6O3. The van der Waals surface area contributed by atoms with Crippen LogP contribution in [0.1, 0.15) is 20.8 Å². The summed E-state index contributed by atoms with van der Waals surface area (Å²) in [5.74, 6) is 2.27. The van der Waals surface area contributed by atoms with Crippen LogP contribution >= 0.6 is 0 Å². The van der Waals surface area contributed by atoms with Crippen LogP contribution in [-0.2, 0) is 0 Å². The van der Waals surface area contributed by atoms with E-state index in [0.29, 0.717) is 24.6 Å². The van der Waals surface area contributed by atoms with Gasteiger partial charge in [-0.3, -0.25) is 4.90 Å². The van der Waals surface area contributed by atoms with Gasteiger partial charge in [0.1, 0.15) is 17.8 Å². The lowest BCUT2D eigenvalue weighted by Crippen LogP contribution is -2.51. The third kappa shape index (κ3) is 4.74. The summed E-state index contributed by atoms with van der Waals surface area (Å²) in [6.45, 7) is 11.0. The molecule has 0 amide bonds. The number of β-amino-alcohol motifs (C(OH)–C–C–N with tert-alkyl or cyclic N) is 1. The number of ether oxygens (including phenoxy) is 2. The fourth-order valence-electron chi connectivity index (χ4n) is 4.20. The topological polar surface area (TPSA) is 98.8 Å². The van der Waals surface area contributed by atoms with E-state index in [1.54, 1.807) is 20.5 Å². The van der Waals surface area contributed by atoms with Gasteiger partial charge in [0.25, 0.3) is 0 Å². The van der Waals surface area contributed by atoms with Crippen molar-refractivity contribution in [3.05, 3.63) is 18.5 Å². The molecule has 174 valence electrons. The number of rotatable bonds is 7.